The molecule has 1 saturated carbocycles. The van der Waals surface area contributed by atoms with Crippen molar-refractivity contribution >= 4 is 79.8 Å². The average molecular weight is 1300 g/mol. The minimum Gasteiger partial charge on any atom is -0.466 e. The number of esters is 2. The molecule has 6 aromatic rings. The lowest BCUT2D eigenvalue weighted by atomic mass is 9.59. The Balaban J connectivity index is 0.000000582. The van der Waals surface area contributed by atoms with Crippen molar-refractivity contribution in [1.82, 2.24) is 0 Å². The second-order valence-electron chi connectivity index (χ2n) is 26.5. The number of Topliss-reactive ketones (excluding diaryl/α,β-unsaturated/α-hetero) is 1. The quantitative estimate of drug-likeness (QED) is 0.0521. The molecule has 8 heteroatoms. The smallest absolute Gasteiger partial charge is 0.306 e. The van der Waals surface area contributed by atoms with E-state index in [2.05, 4.69) is 273 Å². The van der Waals surface area contributed by atoms with Gasteiger partial charge in [-0.3, -0.25) is 14.4 Å². The number of rotatable bonds is 18. The van der Waals surface area contributed by atoms with Gasteiger partial charge in [0, 0.05) is 34.9 Å². The predicted octanol–water partition coefficient (Wildman–Crippen LogP) is 20.4. The van der Waals surface area contributed by atoms with Crippen LogP contribution in [0, 0.1) is 70.6 Å². The van der Waals surface area contributed by atoms with Gasteiger partial charge in [0.05, 0.1) is 25.5 Å². The van der Waals surface area contributed by atoms with Crippen LogP contribution in [0.25, 0.3) is 22.4 Å². The number of fused-ring (bicyclic) bond motifs is 1. The van der Waals surface area contributed by atoms with E-state index in [0.717, 1.165) is 96.3 Å². The van der Waals surface area contributed by atoms with Crippen LogP contribution in [0.15, 0.2) is 109 Å². The number of unbranched alkanes of at least 4 members (excludes halogenated alkanes) is 1. The maximum atomic E-state index is 13.0. The van der Waals surface area contributed by atoms with E-state index in [9.17, 15) is 14.4 Å². The second kappa shape index (κ2) is 36.1. The Morgan fingerprint density at radius 3 is 1.76 bits per heavy atom. The minimum absolute atomic E-state index is 0.0295. The number of halogens is 1. The van der Waals surface area contributed by atoms with Crippen molar-refractivity contribution in [2.45, 2.75) is 221 Å². The van der Waals surface area contributed by atoms with E-state index in [0.29, 0.717) is 18.3 Å². The van der Waals surface area contributed by atoms with Crippen molar-refractivity contribution in [2.75, 3.05) is 28.8 Å². The number of ketones is 1. The fourth-order valence-electron chi connectivity index (χ4n) is 11.8. The van der Waals surface area contributed by atoms with Crippen LogP contribution in [0.2, 0.25) is 0 Å². The highest BCUT2D eigenvalue weighted by molar-refractivity contribution is 14.1. The van der Waals surface area contributed by atoms with Gasteiger partial charge in [-0.25, -0.2) is 0 Å². The number of carbonyl (C=O) groups excluding carboxylic acids is 3. The van der Waals surface area contributed by atoms with Crippen LogP contribution in [0.3, 0.4) is 0 Å². The highest BCUT2D eigenvalue weighted by atomic mass is 127. The molecule has 0 bridgehead atoms. The number of alkyl halides is 1. The molecule has 1 N–H and O–H groups in total. The Labute approximate surface area is 542 Å². The molecule has 0 aromatic heterocycles. The van der Waals surface area contributed by atoms with E-state index in [1.165, 1.54) is 55.4 Å². The summed E-state index contributed by atoms with van der Waals surface area (Å²) in [5, 5.41) is 8.49. The van der Waals surface area contributed by atoms with Gasteiger partial charge in [-0.15, -0.1) is 0 Å². The first-order valence-electron chi connectivity index (χ1n) is 32.4. The Hall–Kier alpha value is -5.74. The first-order valence-corrected chi connectivity index (χ1v) is 34.5. The maximum absolute atomic E-state index is 13.0. The molecule has 1 aliphatic carbocycles. The van der Waals surface area contributed by atoms with E-state index in [1.54, 1.807) is 6.92 Å². The summed E-state index contributed by atoms with van der Waals surface area (Å²) in [6.45, 7) is 42.9. The maximum Gasteiger partial charge on any atom is 0.306 e. The van der Waals surface area contributed by atoms with Gasteiger partial charge in [-0.1, -0.05) is 233 Å². The molecular formula is C79H113IN2O5. The number of aryl methyl sites for hydroxylation is 6. The lowest BCUT2D eigenvalue weighted by molar-refractivity contribution is -0.155. The topological polar surface area (TPSA) is 84.9 Å². The minimum atomic E-state index is -0.346. The number of carbonyl (C=O) groups is 3. The van der Waals surface area contributed by atoms with Crippen LogP contribution in [-0.2, 0) is 23.9 Å². The fraction of sp³-hybridized carbons (Fsp3) is 0.506. The van der Waals surface area contributed by atoms with Crippen molar-refractivity contribution in [3.05, 3.63) is 170 Å². The van der Waals surface area contributed by atoms with Crippen LogP contribution in [-0.4, -0.2) is 48.5 Å². The molecule has 4 atom stereocenters. The number of ether oxygens (including phenoxy) is 2. The normalized spacial score (nSPS) is 14.7. The monoisotopic (exact) mass is 1300 g/mol. The van der Waals surface area contributed by atoms with Gasteiger partial charge in [0.25, 0.3) is 0 Å². The van der Waals surface area contributed by atoms with Crippen molar-refractivity contribution < 1.29 is 23.9 Å². The fourth-order valence-corrected chi connectivity index (χ4v) is 11.8. The number of hydrogen-bond donors (Lipinski definition) is 1. The van der Waals surface area contributed by atoms with Gasteiger partial charge in [0.2, 0.25) is 0 Å². The zero-order chi connectivity index (χ0) is 65.4. The molecule has 7 rings (SSSR count). The molecule has 1 aliphatic rings. The summed E-state index contributed by atoms with van der Waals surface area (Å²) in [7, 11) is 2.15. The molecule has 476 valence electrons. The van der Waals surface area contributed by atoms with Crippen LogP contribution in [0.1, 0.15) is 211 Å². The largest absolute Gasteiger partial charge is 0.466 e. The second-order valence-corrected chi connectivity index (χ2v) is 26.5. The molecule has 7 nitrogen and oxygen atoms in total. The summed E-state index contributed by atoms with van der Waals surface area (Å²) in [4.78, 5) is 41.4. The molecule has 0 amide bonds. The molecule has 0 heterocycles. The summed E-state index contributed by atoms with van der Waals surface area (Å²) in [5.74, 6) is 0.126. The Morgan fingerprint density at radius 2 is 1.24 bits per heavy atom. The van der Waals surface area contributed by atoms with Gasteiger partial charge in [-0.2, -0.15) is 0 Å². The lowest BCUT2D eigenvalue weighted by Gasteiger charge is -2.43. The van der Waals surface area contributed by atoms with Crippen LogP contribution in [0.5, 0.6) is 0 Å². The Kier molecular flexibility index (Phi) is 31.3. The third-order valence-corrected chi connectivity index (χ3v) is 17.4. The van der Waals surface area contributed by atoms with Crippen molar-refractivity contribution in [3.63, 3.8) is 0 Å². The van der Waals surface area contributed by atoms with E-state index in [-0.39, 0.29) is 53.2 Å². The third-order valence-electron chi connectivity index (χ3n) is 17.4. The van der Waals surface area contributed by atoms with Crippen molar-refractivity contribution in [1.29, 1.82) is 0 Å². The standard InChI is InChI=1S/C53H64N2O4.C13H26O.C10H14.C2H6.CH3I/c1-8-10-15-40-20-22-41(23-21-40)52(42-24-26-43(27-25-42)55(7)53-38(5)34-37(4)35-39(53)6)46-28-29-47(45-17-12-11-16-44(45)46)54-48-18-13-14-19-49(48)59-51(57)31-30-50(56)58-33-32-36(3)9-2;1-10(14)13(8,12(5,6)7)9-11(2,3)4;1-7-5-8(2)10(4)9(3)6-7;2*1-2/h11-12,15-17,20-29,34-36,48-49,54H,8-10,13-14,18-19,30-33H2,1-7H3;9H2,1-8H3;5-6H,1-4H3;1-2H3;1H3. The van der Waals surface area contributed by atoms with Crippen molar-refractivity contribution in [3.8, 4) is 0 Å². The number of benzene rings is 6. The molecule has 1 fully saturated rings. The van der Waals surface area contributed by atoms with Gasteiger partial charge in [-0.05, 0) is 194 Å². The molecule has 0 radical (unpaired) electrons. The van der Waals surface area contributed by atoms with E-state index in [4.69, 9.17) is 9.47 Å². The molecule has 0 spiro atoms. The van der Waals surface area contributed by atoms with E-state index < -0.39 is 0 Å². The first-order chi connectivity index (χ1) is 41.1. The summed E-state index contributed by atoms with van der Waals surface area (Å²) in [6, 6.07) is 39.9. The summed E-state index contributed by atoms with van der Waals surface area (Å²) in [5.41, 5.74) is 16.3. The Morgan fingerprint density at radius 1 is 0.701 bits per heavy atom. The zero-order valence-electron chi connectivity index (χ0n) is 58.1. The lowest BCUT2D eigenvalue weighted by Crippen LogP contribution is -2.42. The van der Waals surface area contributed by atoms with Gasteiger partial charge in [0.1, 0.15) is 11.9 Å². The predicted molar refractivity (Wildman–Crippen MR) is 385 cm³/mol. The summed E-state index contributed by atoms with van der Waals surface area (Å²) in [6.07, 6.45) is 10.8. The average Bonchev–Trinajstić information content (AvgIpc) is 2.18. The van der Waals surface area contributed by atoms with Gasteiger partial charge < -0.3 is 19.7 Å². The molecular weight excluding hydrogens is 1180 g/mol. The van der Waals surface area contributed by atoms with Crippen LogP contribution < -0.4 is 20.7 Å². The highest BCUT2D eigenvalue weighted by Crippen LogP contribution is 2.47. The van der Waals surface area contributed by atoms with Crippen LogP contribution in [0.4, 0.5) is 17.1 Å². The number of nitrogens with one attached hydrogen (secondary N) is 1. The molecule has 6 aromatic carbocycles. The molecule has 4 unspecified atom stereocenters. The first kappa shape index (κ1) is 75.5. The SMILES string of the molecule is CC.CC(=O)C(C)(CC(C)(C)C)C(C)(C)C.CCCC=c1ccc(=C(c2ccc(N(C)c3c(C)cc(C)cc3C)cc2)c2ccc(NC3CCCCC3OC(=O)CCC(=O)OCCC(C)CC)c3ccccc23)cc1.CI.Cc1cc(C)c(C)c(C)c1. The number of nitrogens with zero attached hydrogens (tertiary/aromatic N) is 1. The zero-order valence-corrected chi connectivity index (χ0v) is 60.2. The van der Waals surface area contributed by atoms with E-state index in [1.807, 2.05) is 18.8 Å². The number of hydrogen-bond acceptors (Lipinski definition) is 7. The van der Waals surface area contributed by atoms with Crippen LogP contribution >= 0.6 is 22.6 Å². The summed E-state index contributed by atoms with van der Waals surface area (Å²) >= 11 is 2.15. The highest BCUT2D eigenvalue weighted by Gasteiger charge is 2.44. The molecule has 87 heavy (non-hydrogen) atoms. The molecule has 0 aliphatic heterocycles. The number of anilines is 3. The van der Waals surface area contributed by atoms with E-state index >= 15 is 0 Å². The van der Waals surface area contributed by atoms with Gasteiger partial charge >= 0.3 is 11.9 Å². The third kappa shape index (κ3) is 22.7. The van der Waals surface area contributed by atoms with Gasteiger partial charge in [0.15, 0.2) is 0 Å². The Bertz CT molecular complexity index is 3200. The molecule has 0 saturated heterocycles. The summed E-state index contributed by atoms with van der Waals surface area (Å²) < 4.78 is 11.4. The van der Waals surface area contributed by atoms with Crippen molar-refractivity contribution in [2.24, 2.45) is 22.2 Å².